The van der Waals surface area contributed by atoms with Gasteiger partial charge in [-0.05, 0) is 30.3 Å². The van der Waals surface area contributed by atoms with Gasteiger partial charge in [0.1, 0.15) is 0 Å². The van der Waals surface area contributed by atoms with Crippen molar-refractivity contribution in [3.05, 3.63) is 42.2 Å². The van der Waals surface area contributed by atoms with E-state index in [1.54, 1.807) is 36.1 Å². The smallest absolute Gasteiger partial charge is 0.212 e. The van der Waals surface area contributed by atoms with Gasteiger partial charge in [0.05, 0.1) is 18.0 Å². The van der Waals surface area contributed by atoms with Crippen molar-refractivity contribution in [1.29, 1.82) is 0 Å². The third-order valence-electron chi connectivity index (χ3n) is 2.74. The minimum absolute atomic E-state index is 0.0644. The fraction of sp³-hybridized carbons (Fsp3) is 0.308. The molecule has 0 atom stereocenters. The Hall–Kier alpha value is -1.51. The van der Waals surface area contributed by atoms with E-state index in [1.165, 1.54) is 11.8 Å². The maximum Gasteiger partial charge on any atom is 0.212 e. The summed E-state index contributed by atoms with van der Waals surface area (Å²) >= 11 is 1.49. The molecule has 0 bridgehead atoms. The molecule has 6 nitrogen and oxygen atoms in total. The fourth-order valence-electron chi connectivity index (χ4n) is 1.65. The van der Waals surface area contributed by atoms with Crippen LogP contribution in [0.4, 0.5) is 5.69 Å². The molecular weight excluding hydrogens is 308 g/mol. The lowest BCUT2D eigenvalue weighted by atomic mass is 10.3. The van der Waals surface area contributed by atoms with Gasteiger partial charge in [0.2, 0.25) is 10.0 Å². The largest absolute Gasteiger partial charge is 0.399 e. The molecule has 0 saturated heterocycles. The Balaban J connectivity index is 1.77. The number of aromatic nitrogens is 2. The highest BCUT2D eigenvalue weighted by atomic mass is 32.2. The predicted molar refractivity (Wildman–Crippen MR) is 85.4 cm³/mol. The van der Waals surface area contributed by atoms with Crippen LogP contribution < -0.4 is 10.5 Å². The number of rotatable bonds is 7. The summed E-state index contributed by atoms with van der Waals surface area (Å²) in [5, 5.41) is 4.12. The molecule has 2 rings (SSSR count). The molecule has 0 aliphatic carbocycles. The summed E-state index contributed by atoms with van der Waals surface area (Å²) in [6.45, 7) is 0.218. The van der Waals surface area contributed by atoms with Gasteiger partial charge in [0.15, 0.2) is 0 Å². The van der Waals surface area contributed by atoms with Crippen LogP contribution in [0.1, 0.15) is 5.69 Å². The number of nitrogens with one attached hydrogen (secondary N) is 1. The van der Waals surface area contributed by atoms with Crippen LogP contribution in [0.15, 0.2) is 41.4 Å². The van der Waals surface area contributed by atoms with Crippen LogP contribution in [0.25, 0.3) is 0 Å². The first-order chi connectivity index (χ1) is 9.94. The van der Waals surface area contributed by atoms with E-state index in [9.17, 15) is 8.42 Å². The average Bonchev–Trinajstić information content (AvgIpc) is 2.85. The number of nitrogens with two attached hydrogens (primary N) is 1. The van der Waals surface area contributed by atoms with Crippen LogP contribution in [0.5, 0.6) is 0 Å². The fourth-order valence-corrected chi connectivity index (χ4v) is 3.93. The zero-order chi connectivity index (χ0) is 15.3. The van der Waals surface area contributed by atoms with Crippen LogP contribution in [-0.4, -0.2) is 29.7 Å². The van der Waals surface area contributed by atoms with Crippen molar-refractivity contribution >= 4 is 27.5 Å². The number of nitrogen functional groups attached to an aromatic ring is 1. The van der Waals surface area contributed by atoms with Crippen molar-refractivity contribution in [3.63, 3.8) is 0 Å². The van der Waals surface area contributed by atoms with Crippen LogP contribution in [0.2, 0.25) is 0 Å². The monoisotopic (exact) mass is 326 g/mol. The summed E-state index contributed by atoms with van der Waals surface area (Å²) < 4.78 is 27.9. The second kappa shape index (κ2) is 6.97. The van der Waals surface area contributed by atoms with Gasteiger partial charge in [-0.2, -0.15) is 5.10 Å². The molecule has 0 saturated carbocycles. The van der Waals surface area contributed by atoms with Gasteiger partial charge < -0.3 is 5.73 Å². The summed E-state index contributed by atoms with van der Waals surface area (Å²) in [5.74, 6) is 0.552. The number of anilines is 1. The van der Waals surface area contributed by atoms with E-state index in [0.717, 1.165) is 4.90 Å². The molecule has 1 aromatic heterocycles. The molecule has 0 radical (unpaired) electrons. The molecule has 114 valence electrons. The van der Waals surface area contributed by atoms with Gasteiger partial charge in [0, 0.05) is 29.6 Å². The molecule has 0 aliphatic heterocycles. The summed E-state index contributed by atoms with van der Waals surface area (Å²) in [6, 6.07) is 9.15. The molecule has 1 aromatic carbocycles. The quantitative estimate of drug-likeness (QED) is 0.590. The topological polar surface area (TPSA) is 90.0 Å². The van der Waals surface area contributed by atoms with Crippen molar-refractivity contribution < 1.29 is 8.42 Å². The normalized spacial score (nSPS) is 11.7. The van der Waals surface area contributed by atoms with Gasteiger partial charge in [-0.25, -0.2) is 13.1 Å². The minimum Gasteiger partial charge on any atom is -0.399 e. The molecule has 0 unspecified atom stereocenters. The third kappa shape index (κ3) is 5.41. The van der Waals surface area contributed by atoms with Crippen LogP contribution in [0, 0.1) is 0 Å². The Kier molecular flexibility index (Phi) is 5.27. The van der Waals surface area contributed by atoms with E-state index in [-0.39, 0.29) is 12.3 Å². The zero-order valence-electron chi connectivity index (χ0n) is 11.7. The molecule has 1 heterocycles. The molecule has 0 aliphatic rings. The lowest BCUT2D eigenvalue weighted by molar-refractivity contribution is 0.581. The predicted octanol–water partition coefficient (Wildman–Crippen LogP) is 1.21. The van der Waals surface area contributed by atoms with E-state index in [4.69, 9.17) is 5.73 Å². The maximum absolute atomic E-state index is 11.9. The number of hydrogen-bond acceptors (Lipinski definition) is 5. The minimum atomic E-state index is -3.29. The first-order valence-electron chi connectivity index (χ1n) is 6.39. The molecule has 0 amide bonds. The van der Waals surface area contributed by atoms with Crippen molar-refractivity contribution in [2.45, 2.75) is 11.4 Å². The van der Waals surface area contributed by atoms with Crippen LogP contribution in [-0.2, 0) is 23.6 Å². The molecule has 0 spiro atoms. The Bertz CT molecular complexity index is 680. The number of aryl methyl sites for hydroxylation is 1. The van der Waals surface area contributed by atoms with Gasteiger partial charge in [-0.15, -0.1) is 11.8 Å². The zero-order valence-corrected chi connectivity index (χ0v) is 13.3. The van der Waals surface area contributed by atoms with Gasteiger partial charge in [-0.1, -0.05) is 0 Å². The molecule has 2 aromatic rings. The molecule has 3 N–H and O–H groups in total. The Morgan fingerprint density at radius 1 is 1.29 bits per heavy atom. The van der Waals surface area contributed by atoms with Crippen LogP contribution >= 0.6 is 11.8 Å². The van der Waals surface area contributed by atoms with Crippen molar-refractivity contribution in [2.24, 2.45) is 7.05 Å². The Morgan fingerprint density at radius 3 is 2.62 bits per heavy atom. The first-order valence-corrected chi connectivity index (χ1v) is 9.02. The lowest BCUT2D eigenvalue weighted by Gasteiger charge is -2.05. The Labute approximate surface area is 128 Å². The Morgan fingerprint density at radius 2 is 2.00 bits per heavy atom. The summed E-state index contributed by atoms with van der Waals surface area (Å²) in [5.41, 5.74) is 7.00. The highest BCUT2D eigenvalue weighted by molar-refractivity contribution is 8.00. The number of sulfonamides is 1. The highest BCUT2D eigenvalue weighted by Gasteiger charge is 2.11. The summed E-state index contributed by atoms with van der Waals surface area (Å²) in [4.78, 5) is 1.00. The van der Waals surface area contributed by atoms with E-state index < -0.39 is 10.0 Å². The SMILES string of the molecule is Cn1ccc(CNS(=O)(=O)CCSc2ccc(N)cc2)n1. The van der Waals surface area contributed by atoms with E-state index >= 15 is 0 Å². The van der Waals surface area contributed by atoms with Crippen molar-refractivity contribution in [3.8, 4) is 0 Å². The maximum atomic E-state index is 11.9. The highest BCUT2D eigenvalue weighted by Crippen LogP contribution is 2.19. The van der Waals surface area contributed by atoms with Gasteiger partial charge in [0.25, 0.3) is 0 Å². The second-order valence-corrected chi connectivity index (χ2v) is 7.63. The molecule has 21 heavy (non-hydrogen) atoms. The first kappa shape index (κ1) is 15.9. The summed E-state index contributed by atoms with van der Waals surface area (Å²) in [6.07, 6.45) is 1.78. The van der Waals surface area contributed by atoms with Gasteiger partial charge in [-0.3, -0.25) is 4.68 Å². The van der Waals surface area contributed by atoms with Crippen LogP contribution in [0.3, 0.4) is 0 Å². The number of benzene rings is 1. The second-order valence-electron chi connectivity index (χ2n) is 4.54. The standard InChI is InChI=1S/C13H18N4O2S2/c1-17-7-6-12(16-17)10-15-21(18,19)9-8-20-13-4-2-11(14)3-5-13/h2-7,15H,8-10,14H2,1H3. The van der Waals surface area contributed by atoms with Crippen molar-refractivity contribution in [1.82, 2.24) is 14.5 Å². The average molecular weight is 326 g/mol. The molecule has 0 fully saturated rings. The number of nitrogens with zero attached hydrogens (tertiary/aromatic N) is 2. The van der Waals surface area contributed by atoms with E-state index in [1.807, 2.05) is 12.1 Å². The molecular formula is C13H18N4O2S2. The van der Waals surface area contributed by atoms with E-state index in [0.29, 0.717) is 17.1 Å². The molecule has 8 heteroatoms. The van der Waals surface area contributed by atoms with E-state index in [2.05, 4.69) is 9.82 Å². The van der Waals surface area contributed by atoms with Gasteiger partial charge >= 0.3 is 0 Å². The van der Waals surface area contributed by atoms with Crippen molar-refractivity contribution in [2.75, 3.05) is 17.2 Å². The third-order valence-corrected chi connectivity index (χ3v) is 5.34. The number of hydrogen-bond donors (Lipinski definition) is 2. The summed E-state index contributed by atoms with van der Waals surface area (Å²) in [7, 11) is -1.50. The number of thioether (sulfide) groups is 1. The lowest BCUT2D eigenvalue weighted by Crippen LogP contribution is -2.27.